The summed E-state index contributed by atoms with van der Waals surface area (Å²) < 4.78 is 0. The van der Waals surface area contributed by atoms with Gasteiger partial charge in [-0.1, -0.05) is 109 Å². The van der Waals surface area contributed by atoms with E-state index in [1.165, 1.54) is 96.3 Å². The highest BCUT2D eigenvalue weighted by Crippen LogP contribution is 2.13. The molecular formula is C21H38. The summed E-state index contributed by atoms with van der Waals surface area (Å²) in [4.78, 5) is 0. The summed E-state index contributed by atoms with van der Waals surface area (Å²) in [5, 5.41) is 0. The Bertz CT molecular complexity index is 243. The molecule has 0 heterocycles. The maximum absolute atomic E-state index is 5.16. The molecule has 0 saturated carbocycles. The zero-order chi connectivity index (χ0) is 15.4. The zero-order valence-electron chi connectivity index (χ0n) is 14.5. The van der Waals surface area contributed by atoms with Crippen molar-refractivity contribution in [3.63, 3.8) is 0 Å². The minimum atomic E-state index is 1.16. The largest absolute Gasteiger partial charge is 0.115 e. The molecule has 0 nitrogen and oxygen atoms in total. The molecule has 0 spiro atoms. The first kappa shape index (κ1) is 20.3. The lowest BCUT2D eigenvalue weighted by atomic mass is 10.0. The van der Waals surface area contributed by atoms with Crippen molar-refractivity contribution in [1.82, 2.24) is 0 Å². The lowest BCUT2D eigenvalue weighted by Crippen LogP contribution is -1.83. The highest BCUT2D eigenvalue weighted by molar-refractivity contribution is 5.08. The van der Waals surface area contributed by atoms with E-state index in [0.29, 0.717) is 0 Å². The summed E-state index contributed by atoms with van der Waals surface area (Å²) in [6, 6.07) is 0. The summed E-state index contributed by atoms with van der Waals surface area (Å²) in [5.74, 6) is 2.54. The monoisotopic (exact) mass is 290 g/mol. The standard InChI is InChI=1S/C21H38/c1-3-5-7-9-11-13-15-17-19-21-20-18-16-14-12-10-8-6-4-2/h1,5,7H,4,6,8-21H2,2H3. The number of hydrogen-bond donors (Lipinski definition) is 0. The summed E-state index contributed by atoms with van der Waals surface area (Å²) in [6.07, 6.45) is 31.7. The van der Waals surface area contributed by atoms with Crippen molar-refractivity contribution in [3.05, 3.63) is 12.2 Å². The molecule has 0 rings (SSSR count). The van der Waals surface area contributed by atoms with E-state index in [1.54, 1.807) is 0 Å². The van der Waals surface area contributed by atoms with Gasteiger partial charge in [-0.05, 0) is 18.9 Å². The minimum Gasteiger partial charge on any atom is -0.115 e. The van der Waals surface area contributed by atoms with Crippen molar-refractivity contribution in [3.8, 4) is 12.3 Å². The Morgan fingerprint density at radius 3 is 1.38 bits per heavy atom. The Kier molecular flexibility index (Phi) is 18.7. The molecule has 0 aliphatic heterocycles. The molecule has 0 heteroatoms. The number of allylic oxidation sites excluding steroid dienone is 2. The summed E-state index contributed by atoms with van der Waals surface area (Å²) in [5.41, 5.74) is 0. The molecule has 21 heavy (non-hydrogen) atoms. The second-order valence-electron chi connectivity index (χ2n) is 6.31. The van der Waals surface area contributed by atoms with Crippen LogP contribution in [0.2, 0.25) is 0 Å². The van der Waals surface area contributed by atoms with Crippen molar-refractivity contribution in [2.45, 2.75) is 110 Å². The predicted octanol–water partition coefficient (Wildman–Crippen LogP) is 7.44. The molecule has 0 amide bonds. The van der Waals surface area contributed by atoms with Crippen LogP contribution >= 0.6 is 0 Å². The van der Waals surface area contributed by atoms with Crippen LogP contribution in [0.4, 0.5) is 0 Å². The Morgan fingerprint density at radius 1 is 0.619 bits per heavy atom. The lowest BCUT2D eigenvalue weighted by molar-refractivity contribution is 0.533. The molecule has 0 bridgehead atoms. The van der Waals surface area contributed by atoms with Gasteiger partial charge in [0.2, 0.25) is 0 Å². The van der Waals surface area contributed by atoms with Gasteiger partial charge in [-0.25, -0.2) is 0 Å². The fourth-order valence-corrected chi connectivity index (χ4v) is 2.78. The molecule has 0 aliphatic carbocycles. The van der Waals surface area contributed by atoms with Gasteiger partial charge in [0.25, 0.3) is 0 Å². The smallest absolute Gasteiger partial charge is 0.0162 e. The van der Waals surface area contributed by atoms with E-state index in [-0.39, 0.29) is 0 Å². The fourth-order valence-electron chi connectivity index (χ4n) is 2.78. The average molecular weight is 291 g/mol. The molecule has 122 valence electrons. The zero-order valence-corrected chi connectivity index (χ0v) is 14.5. The van der Waals surface area contributed by atoms with Crippen LogP contribution in [0.5, 0.6) is 0 Å². The van der Waals surface area contributed by atoms with Crippen LogP contribution in [0.25, 0.3) is 0 Å². The van der Waals surface area contributed by atoms with Gasteiger partial charge in [-0.2, -0.15) is 0 Å². The first-order valence-electron chi connectivity index (χ1n) is 9.53. The van der Waals surface area contributed by atoms with Crippen LogP contribution in [0.1, 0.15) is 110 Å². The molecule has 0 radical (unpaired) electrons. The molecule has 0 saturated heterocycles. The topological polar surface area (TPSA) is 0 Å². The Morgan fingerprint density at radius 2 is 1.00 bits per heavy atom. The SMILES string of the molecule is C#CC=CCCCCCCCCCCCCCCCCC. The van der Waals surface area contributed by atoms with E-state index < -0.39 is 0 Å². The third-order valence-electron chi connectivity index (χ3n) is 4.19. The van der Waals surface area contributed by atoms with E-state index in [0.717, 1.165) is 6.42 Å². The van der Waals surface area contributed by atoms with Crippen LogP contribution in [-0.4, -0.2) is 0 Å². The van der Waals surface area contributed by atoms with E-state index >= 15 is 0 Å². The maximum Gasteiger partial charge on any atom is -0.0162 e. The molecule has 0 aromatic rings. The maximum atomic E-state index is 5.16. The molecule has 0 atom stereocenters. The van der Waals surface area contributed by atoms with E-state index in [4.69, 9.17) is 6.42 Å². The number of rotatable bonds is 16. The van der Waals surface area contributed by atoms with Crippen molar-refractivity contribution < 1.29 is 0 Å². The van der Waals surface area contributed by atoms with Crippen molar-refractivity contribution in [2.75, 3.05) is 0 Å². The van der Waals surface area contributed by atoms with Crippen molar-refractivity contribution in [1.29, 1.82) is 0 Å². The van der Waals surface area contributed by atoms with Crippen LogP contribution in [0.3, 0.4) is 0 Å². The Hall–Kier alpha value is -0.700. The van der Waals surface area contributed by atoms with Crippen LogP contribution < -0.4 is 0 Å². The van der Waals surface area contributed by atoms with Gasteiger partial charge in [0.05, 0.1) is 0 Å². The van der Waals surface area contributed by atoms with E-state index in [2.05, 4.69) is 18.9 Å². The van der Waals surface area contributed by atoms with Gasteiger partial charge in [-0.3, -0.25) is 0 Å². The molecule has 0 fully saturated rings. The van der Waals surface area contributed by atoms with Gasteiger partial charge < -0.3 is 0 Å². The number of hydrogen-bond acceptors (Lipinski definition) is 0. The second kappa shape index (κ2) is 19.3. The van der Waals surface area contributed by atoms with E-state index in [1.807, 2.05) is 6.08 Å². The molecular weight excluding hydrogens is 252 g/mol. The van der Waals surface area contributed by atoms with Gasteiger partial charge >= 0.3 is 0 Å². The number of unbranched alkanes of at least 4 members (excludes halogenated alkanes) is 15. The first-order valence-corrected chi connectivity index (χ1v) is 9.53. The average Bonchev–Trinajstić information content (AvgIpc) is 2.50. The summed E-state index contributed by atoms with van der Waals surface area (Å²) in [6.45, 7) is 2.29. The van der Waals surface area contributed by atoms with Crippen LogP contribution in [-0.2, 0) is 0 Å². The fraction of sp³-hybridized carbons (Fsp3) is 0.810. The number of terminal acetylenes is 1. The van der Waals surface area contributed by atoms with E-state index in [9.17, 15) is 0 Å². The Labute approximate surface area is 134 Å². The van der Waals surface area contributed by atoms with Gasteiger partial charge in [-0.15, -0.1) is 6.42 Å². The lowest BCUT2D eigenvalue weighted by Gasteiger charge is -2.03. The molecule has 0 unspecified atom stereocenters. The summed E-state index contributed by atoms with van der Waals surface area (Å²) >= 11 is 0. The quantitative estimate of drug-likeness (QED) is 0.205. The highest BCUT2D eigenvalue weighted by atomic mass is 14.0. The van der Waals surface area contributed by atoms with Gasteiger partial charge in [0, 0.05) is 0 Å². The van der Waals surface area contributed by atoms with Crippen LogP contribution in [0, 0.1) is 12.3 Å². The summed E-state index contributed by atoms with van der Waals surface area (Å²) in [7, 11) is 0. The molecule has 0 aromatic carbocycles. The first-order chi connectivity index (χ1) is 10.4. The highest BCUT2D eigenvalue weighted by Gasteiger charge is 1.93. The third-order valence-corrected chi connectivity index (χ3v) is 4.19. The Balaban J connectivity index is 2.96. The molecule has 0 aliphatic rings. The van der Waals surface area contributed by atoms with Crippen molar-refractivity contribution in [2.24, 2.45) is 0 Å². The van der Waals surface area contributed by atoms with Crippen molar-refractivity contribution >= 4 is 0 Å². The molecule has 0 aromatic heterocycles. The van der Waals surface area contributed by atoms with Gasteiger partial charge in [0.15, 0.2) is 0 Å². The van der Waals surface area contributed by atoms with Crippen LogP contribution in [0.15, 0.2) is 12.2 Å². The minimum absolute atomic E-state index is 1.16. The van der Waals surface area contributed by atoms with Gasteiger partial charge in [0.1, 0.15) is 0 Å². The second-order valence-corrected chi connectivity index (χ2v) is 6.31. The normalized spacial score (nSPS) is 11.0. The molecule has 0 N–H and O–H groups in total. The third kappa shape index (κ3) is 19.3. The predicted molar refractivity (Wildman–Crippen MR) is 97.5 cm³/mol.